The van der Waals surface area contributed by atoms with E-state index in [-0.39, 0.29) is 6.04 Å². The maximum Gasteiger partial charge on any atom is 0.321 e. The summed E-state index contributed by atoms with van der Waals surface area (Å²) in [7, 11) is 0. The number of fused-ring (bicyclic) bond motifs is 1. The van der Waals surface area contributed by atoms with Crippen LogP contribution in [-0.4, -0.2) is 28.6 Å². The molecule has 3 atom stereocenters. The largest absolute Gasteiger partial charge is 0.480 e. The number of rotatable bonds is 3. The van der Waals surface area contributed by atoms with Gasteiger partial charge in [0.1, 0.15) is 6.04 Å². The van der Waals surface area contributed by atoms with Crippen molar-refractivity contribution < 1.29 is 9.90 Å². The van der Waals surface area contributed by atoms with Crippen LogP contribution >= 0.6 is 0 Å². The quantitative estimate of drug-likeness (QED) is 0.920. The van der Waals surface area contributed by atoms with Gasteiger partial charge in [-0.3, -0.25) is 9.69 Å². The molecule has 1 saturated heterocycles. The van der Waals surface area contributed by atoms with Gasteiger partial charge in [0, 0.05) is 13.1 Å². The van der Waals surface area contributed by atoms with E-state index in [0.29, 0.717) is 11.8 Å². The van der Waals surface area contributed by atoms with Gasteiger partial charge in [0.25, 0.3) is 0 Å². The highest BCUT2D eigenvalue weighted by Crippen LogP contribution is 2.43. The number of aryl methyl sites for hydroxylation is 2. The first-order chi connectivity index (χ1) is 9.58. The van der Waals surface area contributed by atoms with Crippen molar-refractivity contribution in [2.45, 2.75) is 45.7 Å². The van der Waals surface area contributed by atoms with Gasteiger partial charge in [-0.15, -0.1) is 0 Å². The van der Waals surface area contributed by atoms with Crippen LogP contribution in [0.15, 0.2) is 18.2 Å². The Labute approximate surface area is 120 Å². The predicted octanol–water partition coefficient (Wildman–Crippen LogP) is 2.99. The molecule has 3 heteroatoms. The molecule has 108 valence electrons. The average Bonchev–Trinajstić information content (AvgIpc) is 2.93. The second-order valence-electron chi connectivity index (χ2n) is 6.44. The van der Waals surface area contributed by atoms with Crippen molar-refractivity contribution in [2.75, 3.05) is 6.54 Å². The Balaban J connectivity index is 1.85. The first-order valence-corrected chi connectivity index (χ1v) is 7.60. The molecular formula is C17H23NO2. The Hall–Kier alpha value is -1.35. The SMILES string of the molecule is Cc1cccc(C)c1CN1CC2CCCC2C1C(=O)O. The Bertz CT molecular complexity index is 505. The van der Waals surface area contributed by atoms with Gasteiger partial charge in [0.05, 0.1) is 0 Å². The molecule has 20 heavy (non-hydrogen) atoms. The molecule has 1 aliphatic heterocycles. The van der Waals surface area contributed by atoms with E-state index in [2.05, 4.69) is 36.9 Å². The summed E-state index contributed by atoms with van der Waals surface area (Å²) in [6.07, 6.45) is 3.50. The predicted molar refractivity (Wildman–Crippen MR) is 78.6 cm³/mol. The van der Waals surface area contributed by atoms with E-state index >= 15 is 0 Å². The molecule has 1 heterocycles. The number of nitrogens with zero attached hydrogens (tertiary/aromatic N) is 1. The van der Waals surface area contributed by atoms with Crippen LogP contribution in [0.25, 0.3) is 0 Å². The van der Waals surface area contributed by atoms with Crippen LogP contribution < -0.4 is 0 Å². The molecule has 1 saturated carbocycles. The van der Waals surface area contributed by atoms with Gasteiger partial charge in [-0.25, -0.2) is 0 Å². The van der Waals surface area contributed by atoms with Crippen molar-refractivity contribution in [3.8, 4) is 0 Å². The van der Waals surface area contributed by atoms with Crippen molar-refractivity contribution in [1.82, 2.24) is 4.90 Å². The minimum atomic E-state index is -0.634. The second kappa shape index (κ2) is 5.21. The van der Waals surface area contributed by atoms with E-state index in [1.54, 1.807) is 0 Å². The van der Waals surface area contributed by atoms with E-state index in [1.165, 1.54) is 29.5 Å². The molecule has 3 unspecified atom stereocenters. The van der Waals surface area contributed by atoms with E-state index in [4.69, 9.17) is 0 Å². The van der Waals surface area contributed by atoms with E-state index in [0.717, 1.165) is 19.5 Å². The Morgan fingerprint density at radius 2 is 2.00 bits per heavy atom. The minimum Gasteiger partial charge on any atom is -0.480 e. The van der Waals surface area contributed by atoms with E-state index in [9.17, 15) is 9.90 Å². The highest BCUT2D eigenvalue weighted by molar-refractivity contribution is 5.74. The lowest BCUT2D eigenvalue weighted by molar-refractivity contribution is -0.143. The summed E-state index contributed by atoms with van der Waals surface area (Å²) in [5.41, 5.74) is 3.84. The number of carbonyl (C=O) groups is 1. The number of benzene rings is 1. The van der Waals surface area contributed by atoms with Crippen LogP contribution in [0.3, 0.4) is 0 Å². The summed E-state index contributed by atoms with van der Waals surface area (Å²) < 4.78 is 0. The number of carboxylic acids is 1. The minimum absolute atomic E-state index is 0.276. The van der Waals surface area contributed by atoms with Crippen LogP contribution in [0, 0.1) is 25.7 Å². The van der Waals surface area contributed by atoms with Gasteiger partial charge in [-0.2, -0.15) is 0 Å². The lowest BCUT2D eigenvalue weighted by Crippen LogP contribution is -2.39. The normalized spacial score (nSPS) is 29.6. The number of carboxylic acid groups (broad SMARTS) is 1. The van der Waals surface area contributed by atoms with Crippen molar-refractivity contribution in [1.29, 1.82) is 0 Å². The first-order valence-electron chi connectivity index (χ1n) is 7.60. The molecule has 1 aromatic rings. The van der Waals surface area contributed by atoms with E-state index < -0.39 is 5.97 Å². The standard InChI is InChI=1S/C17H23NO2/c1-11-5-3-6-12(2)15(11)10-18-9-13-7-4-8-14(13)16(18)17(19)20/h3,5-6,13-14,16H,4,7-10H2,1-2H3,(H,19,20). The van der Waals surface area contributed by atoms with Crippen molar-refractivity contribution in [3.63, 3.8) is 0 Å². The molecule has 2 aliphatic rings. The van der Waals surface area contributed by atoms with Crippen LogP contribution in [0.2, 0.25) is 0 Å². The summed E-state index contributed by atoms with van der Waals surface area (Å²) in [6, 6.07) is 6.03. The molecule has 1 aromatic carbocycles. The zero-order valence-corrected chi connectivity index (χ0v) is 12.3. The zero-order valence-electron chi connectivity index (χ0n) is 12.3. The number of hydrogen-bond acceptors (Lipinski definition) is 2. The van der Waals surface area contributed by atoms with Gasteiger partial charge in [-0.05, 0) is 55.2 Å². The molecule has 1 aliphatic carbocycles. The first kappa shape index (κ1) is 13.6. The fourth-order valence-electron chi connectivity index (χ4n) is 4.20. The fraction of sp³-hybridized carbons (Fsp3) is 0.588. The highest BCUT2D eigenvalue weighted by atomic mass is 16.4. The number of hydrogen-bond donors (Lipinski definition) is 1. The van der Waals surface area contributed by atoms with Crippen molar-refractivity contribution in [2.24, 2.45) is 11.8 Å². The van der Waals surface area contributed by atoms with Crippen LogP contribution in [0.1, 0.15) is 36.0 Å². The smallest absolute Gasteiger partial charge is 0.321 e. The lowest BCUT2D eigenvalue weighted by Gasteiger charge is -2.25. The van der Waals surface area contributed by atoms with Crippen LogP contribution in [-0.2, 0) is 11.3 Å². The third-order valence-corrected chi connectivity index (χ3v) is 5.24. The fourth-order valence-corrected chi connectivity index (χ4v) is 4.20. The molecule has 0 aromatic heterocycles. The van der Waals surface area contributed by atoms with Crippen molar-refractivity contribution in [3.05, 3.63) is 34.9 Å². The topological polar surface area (TPSA) is 40.5 Å². The monoisotopic (exact) mass is 273 g/mol. The van der Waals surface area contributed by atoms with Gasteiger partial charge in [0.15, 0.2) is 0 Å². The molecule has 2 fully saturated rings. The third kappa shape index (κ3) is 2.24. The van der Waals surface area contributed by atoms with Crippen LogP contribution in [0.5, 0.6) is 0 Å². The number of likely N-dealkylation sites (tertiary alicyclic amines) is 1. The summed E-state index contributed by atoms with van der Waals surface area (Å²) in [4.78, 5) is 13.9. The summed E-state index contributed by atoms with van der Waals surface area (Å²) in [5, 5.41) is 9.61. The molecule has 3 nitrogen and oxygen atoms in total. The molecule has 0 radical (unpaired) electrons. The zero-order chi connectivity index (χ0) is 14.3. The maximum atomic E-state index is 11.7. The molecule has 0 spiro atoms. The Kier molecular flexibility index (Phi) is 3.55. The molecule has 0 amide bonds. The van der Waals surface area contributed by atoms with E-state index in [1.807, 2.05) is 0 Å². The second-order valence-corrected chi connectivity index (χ2v) is 6.44. The summed E-state index contributed by atoms with van der Waals surface area (Å²) >= 11 is 0. The summed E-state index contributed by atoms with van der Waals surface area (Å²) in [6.45, 7) is 5.97. The third-order valence-electron chi connectivity index (χ3n) is 5.24. The van der Waals surface area contributed by atoms with Gasteiger partial charge < -0.3 is 5.11 Å². The molecule has 1 N–H and O–H groups in total. The Morgan fingerprint density at radius 1 is 1.30 bits per heavy atom. The summed E-state index contributed by atoms with van der Waals surface area (Å²) in [5.74, 6) is 0.336. The molecule has 3 rings (SSSR count). The highest BCUT2D eigenvalue weighted by Gasteiger charge is 2.47. The molecule has 0 bridgehead atoms. The number of aliphatic carboxylic acids is 1. The van der Waals surface area contributed by atoms with Crippen molar-refractivity contribution >= 4 is 5.97 Å². The van der Waals surface area contributed by atoms with Gasteiger partial charge >= 0.3 is 5.97 Å². The molecular weight excluding hydrogens is 250 g/mol. The maximum absolute atomic E-state index is 11.7. The Morgan fingerprint density at radius 3 is 2.65 bits per heavy atom. The van der Waals surface area contributed by atoms with Crippen LogP contribution in [0.4, 0.5) is 0 Å². The lowest BCUT2D eigenvalue weighted by atomic mass is 9.94. The average molecular weight is 273 g/mol. The van der Waals surface area contributed by atoms with Gasteiger partial charge in [0.2, 0.25) is 0 Å². The van der Waals surface area contributed by atoms with Gasteiger partial charge in [-0.1, -0.05) is 24.6 Å².